The molecule has 2 atom stereocenters. The molecule has 1 saturated carbocycles. The molecule has 11 nitrogen and oxygen atoms in total. The average Bonchev–Trinajstić information content (AvgIpc) is 3.62. The number of benzene rings is 1. The Morgan fingerprint density at radius 1 is 1.24 bits per heavy atom. The summed E-state index contributed by atoms with van der Waals surface area (Å²) in [6.45, 7) is 1.05. The molecule has 2 amide bonds. The van der Waals surface area contributed by atoms with Crippen molar-refractivity contribution in [3.8, 4) is 17.3 Å². The molecular formula is C29H30F2N6O5. The van der Waals surface area contributed by atoms with Gasteiger partial charge in [0.05, 0.1) is 28.5 Å². The number of rotatable bonds is 10. The predicted octanol–water partition coefficient (Wildman–Crippen LogP) is 3.87. The first-order valence-electron chi connectivity index (χ1n) is 13.8. The van der Waals surface area contributed by atoms with Crippen molar-refractivity contribution in [3.63, 3.8) is 0 Å². The van der Waals surface area contributed by atoms with E-state index in [4.69, 9.17) is 19.8 Å². The van der Waals surface area contributed by atoms with E-state index in [1.807, 2.05) is 23.7 Å². The SMILES string of the molecule is CC(=O)C(F)Oc1cccc2cc(-c3nc4cc5c(nc4n3C)CCN(CC(CF)NC(=O)O)C5=O)n(CC3CC3)c12. The Hall–Kier alpha value is -4.55. The Bertz CT molecular complexity index is 1730. The molecule has 42 heavy (non-hydrogen) atoms. The summed E-state index contributed by atoms with van der Waals surface area (Å²) in [6, 6.07) is 7.88. The number of fused-ring (bicyclic) bond motifs is 3. The predicted molar refractivity (Wildman–Crippen MR) is 149 cm³/mol. The monoisotopic (exact) mass is 580 g/mol. The Morgan fingerprint density at radius 2 is 2.02 bits per heavy atom. The van der Waals surface area contributed by atoms with Gasteiger partial charge >= 0.3 is 6.09 Å². The molecule has 220 valence electrons. The normalized spacial score (nSPS) is 16.5. The lowest BCUT2D eigenvalue weighted by Gasteiger charge is -2.30. The van der Waals surface area contributed by atoms with E-state index in [0.717, 1.165) is 30.8 Å². The molecular weight excluding hydrogens is 550 g/mol. The van der Waals surface area contributed by atoms with Gasteiger partial charge in [0.25, 0.3) is 12.3 Å². The van der Waals surface area contributed by atoms with Gasteiger partial charge < -0.3 is 29.2 Å². The lowest BCUT2D eigenvalue weighted by atomic mass is 10.0. The molecule has 3 aromatic heterocycles. The van der Waals surface area contributed by atoms with E-state index >= 15 is 0 Å². The molecule has 4 heterocycles. The molecule has 2 unspecified atom stereocenters. The second-order valence-corrected chi connectivity index (χ2v) is 10.9. The van der Waals surface area contributed by atoms with Crippen molar-refractivity contribution < 1.29 is 33.0 Å². The van der Waals surface area contributed by atoms with Crippen molar-refractivity contribution in [2.24, 2.45) is 13.0 Å². The van der Waals surface area contributed by atoms with Gasteiger partial charge in [-0.15, -0.1) is 0 Å². The van der Waals surface area contributed by atoms with Crippen LogP contribution in [0.3, 0.4) is 0 Å². The van der Waals surface area contributed by atoms with E-state index in [-0.39, 0.29) is 24.7 Å². The molecule has 0 bridgehead atoms. The molecule has 0 saturated heterocycles. The molecule has 1 aliphatic heterocycles. The number of carbonyl (C=O) groups is 3. The van der Waals surface area contributed by atoms with Gasteiger partial charge in [-0.25, -0.2) is 19.2 Å². The smallest absolute Gasteiger partial charge is 0.405 e. The van der Waals surface area contributed by atoms with Crippen LogP contribution in [0.15, 0.2) is 30.3 Å². The number of hydrogen-bond acceptors (Lipinski definition) is 6. The van der Waals surface area contributed by atoms with Gasteiger partial charge in [0.2, 0.25) is 5.78 Å². The molecule has 1 fully saturated rings. The van der Waals surface area contributed by atoms with Crippen LogP contribution in [0, 0.1) is 5.92 Å². The molecule has 4 aromatic rings. The number of amides is 2. The number of carboxylic acid groups (broad SMARTS) is 1. The van der Waals surface area contributed by atoms with Crippen molar-refractivity contribution in [3.05, 3.63) is 41.6 Å². The summed E-state index contributed by atoms with van der Waals surface area (Å²) in [5.41, 5.74) is 3.45. The topological polar surface area (TPSA) is 132 Å². The fourth-order valence-electron chi connectivity index (χ4n) is 5.53. The summed E-state index contributed by atoms with van der Waals surface area (Å²) in [4.78, 5) is 46.9. The van der Waals surface area contributed by atoms with Crippen LogP contribution >= 0.6 is 0 Å². The minimum atomic E-state index is -2.08. The van der Waals surface area contributed by atoms with E-state index < -0.39 is 31.0 Å². The molecule has 0 spiro atoms. The van der Waals surface area contributed by atoms with Crippen molar-refractivity contribution in [2.45, 2.75) is 45.1 Å². The quantitative estimate of drug-likeness (QED) is 0.291. The van der Waals surface area contributed by atoms with Crippen LogP contribution in [-0.4, -0.2) is 79.1 Å². The van der Waals surface area contributed by atoms with Crippen LogP contribution in [0.2, 0.25) is 0 Å². The molecule has 2 N–H and O–H groups in total. The number of para-hydroxylation sites is 1. The highest BCUT2D eigenvalue weighted by Gasteiger charge is 2.31. The fourth-order valence-corrected chi connectivity index (χ4v) is 5.53. The zero-order chi connectivity index (χ0) is 29.7. The first-order valence-corrected chi connectivity index (χ1v) is 13.8. The van der Waals surface area contributed by atoms with Gasteiger partial charge in [-0.1, -0.05) is 12.1 Å². The number of aryl methyl sites for hydroxylation is 1. The van der Waals surface area contributed by atoms with Crippen molar-refractivity contribution in [1.82, 2.24) is 29.3 Å². The lowest BCUT2D eigenvalue weighted by Crippen LogP contribution is -2.48. The fraction of sp³-hybridized carbons (Fsp3) is 0.414. The van der Waals surface area contributed by atoms with Gasteiger partial charge in [-0.05, 0) is 37.0 Å². The summed E-state index contributed by atoms with van der Waals surface area (Å²) in [5, 5.41) is 11.9. The van der Waals surface area contributed by atoms with Gasteiger partial charge in [-0.3, -0.25) is 9.59 Å². The Kier molecular flexibility index (Phi) is 7.03. The summed E-state index contributed by atoms with van der Waals surface area (Å²) in [7, 11) is 1.84. The summed E-state index contributed by atoms with van der Waals surface area (Å²) < 4.78 is 37.1. The molecule has 0 radical (unpaired) electrons. The largest absolute Gasteiger partial charge is 0.465 e. The van der Waals surface area contributed by atoms with Gasteiger partial charge in [-0.2, -0.15) is 4.39 Å². The Morgan fingerprint density at radius 3 is 2.71 bits per heavy atom. The zero-order valence-electron chi connectivity index (χ0n) is 23.1. The van der Waals surface area contributed by atoms with Gasteiger partial charge in [0.15, 0.2) is 11.5 Å². The van der Waals surface area contributed by atoms with E-state index in [1.165, 1.54) is 4.90 Å². The van der Waals surface area contributed by atoms with Crippen LogP contribution < -0.4 is 10.1 Å². The number of ether oxygens (including phenoxy) is 1. The number of aromatic nitrogens is 4. The maximum absolute atomic E-state index is 14.3. The number of Topliss-reactive ketones (excluding diaryl/α,β-unsaturated/α-hetero) is 1. The summed E-state index contributed by atoms with van der Waals surface area (Å²) in [5.74, 6) is 0.236. The van der Waals surface area contributed by atoms with Crippen LogP contribution in [-0.2, 0) is 24.8 Å². The number of hydrogen-bond donors (Lipinski definition) is 2. The highest BCUT2D eigenvalue weighted by molar-refractivity contribution is 5.99. The Labute approximate surface area is 239 Å². The number of pyridine rings is 1. The second-order valence-electron chi connectivity index (χ2n) is 10.9. The molecule has 1 aromatic carbocycles. The molecule has 13 heteroatoms. The van der Waals surface area contributed by atoms with Gasteiger partial charge in [0.1, 0.15) is 17.9 Å². The van der Waals surface area contributed by atoms with Crippen LogP contribution in [0.25, 0.3) is 33.6 Å². The third-order valence-corrected chi connectivity index (χ3v) is 7.81. The Balaban J connectivity index is 1.40. The summed E-state index contributed by atoms with van der Waals surface area (Å²) >= 11 is 0. The standard InChI is InChI=1S/C29H30F2N6O5/c1-15(38)25(31)42-23-5-3-4-17-10-22(37(24(17)23)13-16-6-7-16)27-34-21-11-19-20(33-26(21)35(27)2)8-9-36(28(19)39)14-18(12-30)32-29(40)41/h3-5,10-11,16,18,25,32H,6-9,12-14H2,1-2H3,(H,40,41). The molecule has 6 rings (SSSR count). The number of carbonyl (C=O) groups excluding carboxylic acids is 2. The molecule has 2 aliphatic rings. The first-order chi connectivity index (χ1) is 20.1. The third-order valence-electron chi connectivity index (χ3n) is 7.81. The lowest BCUT2D eigenvalue weighted by molar-refractivity contribution is -0.130. The number of halogens is 2. The van der Waals surface area contributed by atoms with Crippen molar-refractivity contribution in [2.75, 3.05) is 19.8 Å². The minimum absolute atomic E-state index is 0.0956. The first kappa shape index (κ1) is 27.6. The second kappa shape index (κ2) is 10.7. The maximum Gasteiger partial charge on any atom is 0.405 e. The maximum atomic E-state index is 14.3. The van der Waals surface area contributed by atoms with Crippen LogP contribution in [0.1, 0.15) is 35.8 Å². The van der Waals surface area contributed by atoms with E-state index in [0.29, 0.717) is 52.6 Å². The van der Waals surface area contributed by atoms with E-state index in [2.05, 4.69) is 9.88 Å². The zero-order valence-corrected chi connectivity index (χ0v) is 23.1. The number of ketones is 1. The van der Waals surface area contributed by atoms with Crippen LogP contribution in [0.5, 0.6) is 5.75 Å². The number of nitrogens with zero attached hydrogens (tertiary/aromatic N) is 5. The highest BCUT2D eigenvalue weighted by Crippen LogP contribution is 2.39. The third kappa shape index (κ3) is 5.03. The average molecular weight is 581 g/mol. The van der Waals surface area contributed by atoms with E-state index in [9.17, 15) is 23.2 Å². The van der Waals surface area contributed by atoms with Crippen molar-refractivity contribution in [1.29, 1.82) is 0 Å². The minimum Gasteiger partial charge on any atom is -0.465 e. The number of imidazole rings is 1. The highest BCUT2D eigenvalue weighted by atomic mass is 19.1. The molecule has 1 aliphatic carbocycles. The van der Waals surface area contributed by atoms with Crippen molar-refractivity contribution >= 4 is 39.9 Å². The van der Waals surface area contributed by atoms with Gasteiger partial charge in [0, 0.05) is 45.4 Å². The number of alkyl halides is 2. The number of nitrogens with one attached hydrogen (secondary N) is 1. The van der Waals surface area contributed by atoms with E-state index in [1.54, 1.807) is 18.2 Å². The van der Waals surface area contributed by atoms with Crippen LogP contribution in [0.4, 0.5) is 13.6 Å². The summed E-state index contributed by atoms with van der Waals surface area (Å²) in [6.07, 6.45) is -0.864.